The Bertz CT molecular complexity index is 904. The van der Waals surface area contributed by atoms with Crippen molar-refractivity contribution in [2.24, 2.45) is 0 Å². The van der Waals surface area contributed by atoms with Gasteiger partial charge in [0.25, 0.3) is 0 Å². The molecule has 26 heavy (non-hydrogen) atoms. The quantitative estimate of drug-likeness (QED) is 0.418. The molecule has 0 fully saturated rings. The molecule has 2 rings (SSSR count). The van der Waals surface area contributed by atoms with Crippen LogP contribution >= 0.6 is 0 Å². The Kier molecular flexibility index (Phi) is 5.93. The lowest BCUT2D eigenvalue weighted by Gasteiger charge is -2.06. The highest BCUT2D eigenvalue weighted by Crippen LogP contribution is 2.12. The lowest BCUT2D eigenvalue weighted by molar-refractivity contribution is -0.394. The van der Waals surface area contributed by atoms with Gasteiger partial charge in [-0.3, -0.25) is 0 Å². The minimum absolute atomic E-state index is 0.0326. The van der Waals surface area contributed by atoms with Crippen molar-refractivity contribution in [3.8, 4) is 0 Å². The van der Waals surface area contributed by atoms with E-state index in [1.54, 1.807) is 6.92 Å². The van der Waals surface area contributed by atoms with E-state index in [4.69, 9.17) is 0 Å². The van der Waals surface area contributed by atoms with Gasteiger partial charge >= 0.3 is 11.8 Å². The highest BCUT2D eigenvalue weighted by Gasteiger charge is 2.18. The molecule has 2 aromatic rings. The fourth-order valence-corrected chi connectivity index (χ4v) is 3.21. The van der Waals surface area contributed by atoms with Crippen molar-refractivity contribution in [1.82, 2.24) is 29.0 Å². The van der Waals surface area contributed by atoms with E-state index in [9.17, 15) is 28.6 Å². The van der Waals surface area contributed by atoms with Crippen LogP contribution in [0.15, 0.2) is 12.5 Å². The monoisotopic (exact) mass is 388 g/mol. The highest BCUT2D eigenvalue weighted by molar-refractivity contribution is 7.89. The molecular formula is C11H16N8O6S. The average Bonchev–Trinajstić information content (AvgIpc) is 3.15. The van der Waals surface area contributed by atoms with E-state index < -0.39 is 25.8 Å². The fourth-order valence-electron chi connectivity index (χ4n) is 2.16. The number of imidazole rings is 1. The summed E-state index contributed by atoms with van der Waals surface area (Å²) in [5.41, 5.74) is 0. The maximum atomic E-state index is 11.9. The maximum Gasteiger partial charge on any atom is 0.490 e. The zero-order valence-electron chi connectivity index (χ0n) is 13.7. The third kappa shape index (κ3) is 5.03. The number of nitrogens with one attached hydrogen (secondary N) is 1. The van der Waals surface area contributed by atoms with E-state index in [1.807, 2.05) is 0 Å². The molecule has 15 heteroatoms. The van der Waals surface area contributed by atoms with Crippen molar-refractivity contribution in [2.75, 3.05) is 12.3 Å². The zero-order chi connectivity index (χ0) is 19.3. The first-order valence-electron chi connectivity index (χ1n) is 7.37. The summed E-state index contributed by atoms with van der Waals surface area (Å²) in [6.45, 7) is 1.76. The summed E-state index contributed by atoms with van der Waals surface area (Å²) in [5, 5.41) is 24.9. The smallest absolute Gasteiger partial charge is 0.390 e. The van der Waals surface area contributed by atoms with Crippen molar-refractivity contribution in [1.29, 1.82) is 0 Å². The molecule has 2 aromatic heterocycles. The van der Waals surface area contributed by atoms with Gasteiger partial charge in [0.05, 0.1) is 12.3 Å². The molecule has 142 valence electrons. The van der Waals surface area contributed by atoms with Crippen LogP contribution in [0.1, 0.15) is 12.2 Å². The molecule has 0 spiro atoms. The van der Waals surface area contributed by atoms with Crippen molar-refractivity contribution in [2.45, 2.75) is 26.4 Å². The van der Waals surface area contributed by atoms with Gasteiger partial charge in [0.2, 0.25) is 16.4 Å². The van der Waals surface area contributed by atoms with Crippen LogP contribution in [-0.4, -0.2) is 54.9 Å². The number of hydrogen-bond acceptors (Lipinski definition) is 9. The average molecular weight is 388 g/mol. The normalized spacial score (nSPS) is 11.6. The second kappa shape index (κ2) is 7.96. The first kappa shape index (κ1) is 19.4. The van der Waals surface area contributed by atoms with Gasteiger partial charge in [0, 0.05) is 18.6 Å². The van der Waals surface area contributed by atoms with Crippen LogP contribution in [0.3, 0.4) is 0 Å². The molecule has 0 bridgehead atoms. The minimum atomic E-state index is -3.61. The van der Waals surface area contributed by atoms with E-state index in [2.05, 4.69) is 19.8 Å². The number of nitro groups is 2. The Morgan fingerprint density at radius 1 is 1.19 bits per heavy atom. The van der Waals surface area contributed by atoms with E-state index in [-0.39, 0.29) is 37.6 Å². The molecule has 0 aromatic carbocycles. The van der Waals surface area contributed by atoms with Gasteiger partial charge in [0.15, 0.2) is 5.82 Å². The van der Waals surface area contributed by atoms with Crippen molar-refractivity contribution >= 4 is 21.8 Å². The first-order chi connectivity index (χ1) is 12.2. The molecule has 0 unspecified atom stereocenters. The summed E-state index contributed by atoms with van der Waals surface area (Å²) in [4.78, 5) is 27.3. The molecule has 2 heterocycles. The SMILES string of the molecule is Cc1ncc([N+](=O)[O-])n1CCNS(=O)(=O)CCCn1cnc([N+](=O)[O-])n1. The predicted octanol–water partition coefficient (Wildman–Crippen LogP) is -0.391. The van der Waals surface area contributed by atoms with Gasteiger partial charge < -0.3 is 20.2 Å². The highest BCUT2D eigenvalue weighted by atomic mass is 32.2. The van der Waals surface area contributed by atoms with E-state index in [0.29, 0.717) is 5.82 Å². The Labute approximate surface area is 147 Å². The van der Waals surface area contributed by atoms with Gasteiger partial charge in [-0.15, -0.1) is 0 Å². The molecule has 0 atom stereocenters. The molecule has 1 N–H and O–H groups in total. The summed E-state index contributed by atoms with van der Waals surface area (Å²) < 4.78 is 28.7. The molecule has 0 radical (unpaired) electrons. The Morgan fingerprint density at radius 2 is 1.92 bits per heavy atom. The Balaban J connectivity index is 1.81. The molecule has 0 amide bonds. The second-order valence-corrected chi connectivity index (χ2v) is 7.13. The van der Waals surface area contributed by atoms with Crippen LogP contribution in [0.2, 0.25) is 0 Å². The molecule has 0 saturated heterocycles. The standard InChI is InChI=1S/C11H16N8O6S/c1-9-12-7-10(18(20)21)17(9)5-3-14-26(24,25)6-2-4-16-8-13-11(15-16)19(22)23/h7-8,14H,2-6H2,1H3. The van der Waals surface area contributed by atoms with Crippen LogP contribution in [0, 0.1) is 27.2 Å². The lowest BCUT2D eigenvalue weighted by Crippen LogP contribution is -2.30. The molecule has 0 aliphatic rings. The minimum Gasteiger partial charge on any atom is -0.390 e. The van der Waals surface area contributed by atoms with Gasteiger partial charge in [-0.25, -0.2) is 22.7 Å². The van der Waals surface area contributed by atoms with Gasteiger partial charge in [-0.05, 0) is 16.3 Å². The van der Waals surface area contributed by atoms with Crippen molar-refractivity contribution < 1.29 is 18.3 Å². The number of nitrogens with zero attached hydrogens (tertiary/aromatic N) is 7. The number of aromatic nitrogens is 5. The molecular weight excluding hydrogens is 372 g/mol. The topological polar surface area (TPSA) is 181 Å². The summed E-state index contributed by atoms with van der Waals surface area (Å²) in [6, 6.07) is 0. The first-order valence-corrected chi connectivity index (χ1v) is 9.02. The zero-order valence-corrected chi connectivity index (χ0v) is 14.5. The van der Waals surface area contributed by atoms with E-state index in [1.165, 1.54) is 9.25 Å². The number of rotatable bonds is 10. The molecule has 0 aliphatic carbocycles. The largest absolute Gasteiger partial charge is 0.490 e. The fraction of sp³-hybridized carbons (Fsp3) is 0.545. The third-order valence-corrected chi connectivity index (χ3v) is 4.84. The van der Waals surface area contributed by atoms with Crippen LogP contribution in [-0.2, 0) is 23.1 Å². The van der Waals surface area contributed by atoms with Crippen LogP contribution < -0.4 is 4.72 Å². The lowest BCUT2D eigenvalue weighted by atomic mass is 10.5. The van der Waals surface area contributed by atoms with Crippen LogP contribution in [0.4, 0.5) is 11.8 Å². The van der Waals surface area contributed by atoms with Crippen LogP contribution in [0.25, 0.3) is 0 Å². The van der Waals surface area contributed by atoms with E-state index in [0.717, 1.165) is 12.5 Å². The molecule has 14 nitrogen and oxygen atoms in total. The maximum absolute atomic E-state index is 11.9. The summed E-state index contributed by atoms with van der Waals surface area (Å²) in [6.07, 6.45) is 2.43. The van der Waals surface area contributed by atoms with E-state index >= 15 is 0 Å². The van der Waals surface area contributed by atoms with Crippen molar-refractivity contribution in [3.05, 3.63) is 38.6 Å². The Hall–Kier alpha value is -2.94. The number of aryl methyl sites for hydroxylation is 2. The van der Waals surface area contributed by atoms with Crippen LogP contribution in [0.5, 0.6) is 0 Å². The second-order valence-electron chi connectivity index (χ2n) is 5.20. The predicted molar refractivity (Wildman–Crippen MR) is 86.7 cm³/mol. The number of sulfonamides is 1. The number of hydrogen-bond donors (Lipinski definition) is 1. The third-order valence-electron chi connectivity index (χ3n) is 3.37. The van der Waals surface area contributed by atoms with Gasteiger partial charge in [0.1, 0.15) is 12.7 Å². The Morgan fingerprint density at radius 3 is 2.54 bits per heavy atom. The summed E-state index contributed by atoms with van der Waals surface area (Å²) in [5.74, 6) is -0.590. The summed E-state index contributed by atoms with van der Waals surface area (Å²) >= 11 is 0. The summed E-state index contributed by atoms with van der Waals surface area (Å²) in [7, 11) is -3.61. The molecule has 0 saturated carbocycles. The van der Waals surface area contributed by atoms with Crippen molar-refractivity contribution in [3.63, 3.8) is 0 Å². The van der Waals surface area contributed by atoms with Gasteiger partial charge in [-0.1, -0.05) is 4.98 Å². The van der Waals surface area contributed by atoms with Gasteiger partial charge in [-0.2, -0.15) is 4.68 Å². The molecule has 0 aliphatic heterocycles.